The topological polar surface area (TPSA) is 0 Å². The molecular weight excluding hydrogens is 310 g/mol. The van der Waals surface area contributed by atoms with Crippen molar-refractivity contribution in [1.82, 2.24) is 0 Å². The second-order valence-corrected chi connectivity index (χ2v) is 7.42. The zero-order valence-electron chi connectivity index (χ0n) is 10.6. The lowest BCUT2D eigenvalue weighted by molar-refractivity contribution is 0.670. The molecule has 0 bridgehead atoms. The Morgan fingerprint density at radius 2 is 1.11 bits per heavy atom. The Bertz CT molecular complexity index is 348. The van der Waals surface area contributed by atoms with E-state index in [9.17, 15) is 0 Å². The monoisotopic (exact) mass is 326 g/mol. The predicted molar refractivity (Wildman–Crippen MR) is 83.0 cm³/mol. The zero-order chi connectivity index (χ0) is 13.8. The van der Waals surface area contributed by atoms with Gasteiger partial charge in [0.25, 0.3) is 0 Å². The van der Waals surface area contributed by atoms with Gasteiger partial charge in [0.15, 0.2) is 0 Å². The van der Waals surface area contributed by atoms with Crippen LogP contribution in [0.4, 0.5) is 0 Å². The fraction of sp³-hybridized carbons (Fsp3) is 0.571. The first kappa shape index (κ1) is 16.4. The largest absolute Gasteiger partial charge is 0.143 e. The van der Waals surface area contributed by atoms with Crippen LogP contribution >= 0.6 is 46.4 Å². The molecule has 0 atom stereocenters. The Kier molecular flexibility index (Phi) is 6.12. The third-order valence-corrected chi connectivity index (χ3v) is 4.41. The SMILES string of the molecule is CCCC(Cl)(Cl)c1ccccc1C(Cl)(Cl)CCC. The van der Waals surface area contributed by atoms with Crippen molar-refractivity contribution in [2.24, 2.45) is 0 Å². The molecule has 4 heteroatoms. The maximum atomic E-state index is 6.42. The van der Waals surface area contributed by atoms with Crippen LogP contribution < -0.4 is 0 Å². The first-order valence-electron chi connectivity index (χ1n) is 6.20. The lowest BCUT2D eigenvalue weighted by Gasteiger charge is -2.28. The van der Waals surface area contributed by atoms with Crippen molar-refractivity contribution in [2.75, 3.05) is 0 Å². The normalized spacial score (nSPS) is 12.8. The highest BCUT2D eigenvalue weighted by molar-refractivity contribution is 6.50. The second kappa shape index (κ2) is 6.70. The Morgan fingerprint density at radius 1 is 0.778 bits per heavy atom. The molecule has 0 spiro atoms. The number of rotatable bonds is 6. The van der Waals surface area contributed by atoms with Crippen LogP contribution in [0.1, 0.15) is 50.7 Å². The predicted octanol–water partition coefficient (Wildman–Crippen LogP) is 6.55. The van der Waals surface area contributed by atoms with E-state index in [4.69, 9.17) is 46.4 Å². The fourth-order valence-electron chi connectivity index (χ4n) is 2.02. The highest BCUT2D eigenvalue weighted by atomic mass is 35.5. The van der Waals surface area contributed by atoms with Crippen molar-refractivity contribution >= 4 is 46.4 Å². The average Bonchev–Trinajstić information content (AvgIpc) is 2.29. The molecular formula is C14H18Cl4. The minimum atomic E-state index is -0.936. The maximum absolute atomic E-state index is 6.42. The summed E-state index contributed by atoms with van der Waals surface area (Å²) in [6.45, 7) is 4.09. The second-order valence-electron chi connectivity index (χ2n) is 4.45. The van der Waals surface area contributed by atoms with Crippen LogP contribution in [0.25, 0.3) is 0 Å². The van der Waals surface area contributed by atoms with E-state index < -0.39 is 8.67 Å². The van der Waals surface area contributed by atoms with Crippen molar-refractivity contribution in [3.63, 3.8) is 0 Å². The summed E-state index contributed by atoms with van der Waals surface area (Å²) in [6.07, 6.45) is 3.13. The highest BCUT2D eigenvalue weighted by Gasteiger charge is 2.35. The van der Waals surface area contributed by atoms with Gasteiger partial charge in [0.05, 0.1) is 0 Å². The summed E-state index contributed by atoms with van der Waals surface area (Å²) >= 11 is 25.7. The van der Waals surface area contributed by atoms with Crippen LogP contribution in [-0.4, -0.2) is 0 Å². The van der Waals surface area contributed by atoms with Crippen LogP contribution in [-0.2, 0) is 8.67 Å². The van der Waals surface area contributed by atoms with E-state index in [2.05, 4.69) is 0 Å². The molecule has 0 saturated heterocycles. The lowest BCUT2D eigenvalue weighted by atomic mass is 9.96. The summed E-state index contributed by atoms with van der Waals surface area (Å²) < 4.78 is -1.87. The summed E-state index contributed by atoms with van der Waals surface area (Å²) in [5, 5.41) is 0. The molecule has 0 radical (unpaired) electrons. The quantitative estimate of drug-likeness (QED) is 0.520. The van der Waals surface area contributed by atoms with Crippen LogP contribution in [0.15, 0.2) is 24.3 Å². The summed E-state index contributed by atoms with van der Waals surface area (Å²) in [5.74, 6) is 0. The van der Waals surface area contributed by atoms with Crippen molar-refractivity contribution in [3.05, 3.63) is 35.4 Å². The van der Waals surface area contributed by atoms with Crippen LogP contribution in [0.2, 0.25) is 0 Å². The van der Waals surface area contributed by atoms with Crippen molar-refractivity contribution in [3.8, 4) is 0 Å². The number of hydrogen-bond acceptors (Lipinski definition) is 0. The molecule has 0 amide bonds. The van der Waals surface area contributed by atoms with Gasteiger partial charge < -0.3 is 0 Å². The van der Waals surface area contributed by atoms with Gasteiger partial charge in [-0.05, 0) is 24.0 Å². The molecule has 1 aromatic carbocycles. The van der Waals surface area contributed by atoms with Gasteiger partial charge in [-0.2, -0.15) is 0 Å². The Labute approximate surface area is 130 Å². The highest BCUT2D eigenvalue weighted by Crippen LogP contribution is 2.47. The molecule has 0 aliphatic rings. The van der Waals surface area contributed by atoms with Gasteiger partial charge >= 0.3 is 0 Å². The Morgan fingerprint density at radius 3 is 1.39 bits per heavy atom. The lowest BCUT2D eigenvalue weighted by Crippen LogP contribution is -2.19. The van der Waals surface area contributed by atoms with E-state index >= 15 is 0 Å². The van der Waals surface area contributed by atoms with E-state index in [1.807, 2.05) is 38.1 Å². The Balaban J connectivity index is 3.22. The van der Waals surface area contributed by atoms with Crippen LogP contribution in [0.5, 0.6) is 0 Å². The van der Waals surface area contributed by atoms with Crippen molar-refractivity contribution < 1.29 is 0 Å². The van der Waals surface area contributed by atoms with E-state index in [1.165, 1.54) is 0 Å². The third kappa shape index (κ3) is 3.93. The van der Waals surface area contributed by atoms with Gasteiger partial charge in [-0.3, -0.25) is 0 Å². The van der Waals surface area contributed by atoms with Crippen LogP contribution in [0.3, 0.4) is 0 Å². The van der Waals surface area contributed by atoms with Gasteiger partial charge in [0.1, 0.15) is 8.67 Å². The molecule has 0 unspecified atom stereocenters. The molecule has 0 heterocycles. The van der Waals surface area contributed by atoms with Crippen molar-refractivity contribution in [1.29, 1.82) is 0 Å². The molecule has 18 heavy (non-hydrogen) atoms. The van der Waals surface area contributed by atoms with Crippen LogP contribution in [0, 0.1) is 0 Å². The molecule has 1 aromatic rings. The third-order valence-electron chi connectivity index (χ3n) is 2.84. The number of halogens is 4. The summed E-state index contributed by atoms with van der Waals surface area (Å²) in [7, 11) is 0. The molecule has 1 rings (SSSR count). The van der Waals surface area contributed by atoms with Gasteiger partial charge in [0.2, 0.25) is 0 Å². The molecule has 0 saturated carbocycles. The number of alkyl halides is 4. The van der Waals surface area contributed by atoms with Gasteiger partial charge in [-0.15, -0.1) is 0 Å². The minimum absolute atomic E-state index is 0.670. The first-order chi connectivity index (χ1) is 8.35. The van der Waals surface area contributed by atoms with E-state index in [0.29, 0.717) is 12.8 Å². The maximum Gasteiger partial charge on any atom is 0.143 e. The zero-order valence-corrected chi connectivity index (χ0v) is 13.7. The van der Waals surface area contributed by atoms with Gasteiger partial charge in [-0.25, -0.2) is 0 Å². The summed E-state index contributed by atoms with van der Waals surface area (Å²) in [4.78, 5) is 0. The first-order valence-corrected chi connectivity index (χ1v) is 7.72. The van der Waals surface area contributed by atoms with Gasteiger partial charge in [-0.1, -0.05) is 97.4 Å². The molecule has 102 valence electrons. The molecule has 0 nitrogen and oxygen atoms in total. The standard InChI is InChI=1S/C14H18Cl4/c1-3-9-13(15,16)11-7-5-6-8-12(11)14(17,18)10-4-2/h5-8H,3-4,9-10H2,1-2H3. The van der Waals surface area contributed by atoms with E-state index in [-0.39, 0.29) is 0 Å². The minimum Gasteiger partial charge on any atom is -0.0963 e. The van der Waals surface area contributed by atoms with Crippen molar-refractivity contribution in [2.45, 2.75) is 48.2 Å². The fourth-order valence-corrected chi connectivity index (χ4v) is 3.43. The number of benzene rings is 1. The smallest absolute Gasteiger partial charge is 0.0963 e. The summed E-state index contributed by atoms with van der Waals surface area (Å²) in [5.41, 5.74) is 1.63. The number of hydrogen-bond donors (Lipinski definition) is 0. The molecule has 0 aromatic heterocycles. The molecule has 0 fully saturated rings. The molecule has 0 aliphatic carbocycles. The average molecular weight is 328 g/mol. The Hall–Kier alpha value is 0.380. The summed E-state index contributed by atoms with van der Waals surface area (Å²) in [6, 6.07) is 7.62. The molecule has 0 N–H and O–H groups in total. The van der Waals surface area contributed by atoms with Gasteiger partial charge in [0, 0.05) is 0 Å². The molecule has 0 aliphatic heterocycles. The van der Waals surface area contributed by atoms with E-state index in [0.717, 1.165) is 24.0 Å². The van der Waals surface area contributed by atoms with E-state index in [1.54, 1.807) is 0 Å².